The molecule has 5 nitrogen and oxygen atoms in total. The highest BCUT2D eigenvalue weighted by Crippen LogP contribution is 2.31. The number of nitrogens with zero attached hydrogens (tertiary/aromatic N) is 1. The molecule has 0 aliphatic heterocycles. The van der Waals surface area contributed by atoms with Crippen LogP contribution >= 0.6 is 0 Å². The number of alkyl halides is 3. The average molecular weight is 305 g/mol. The molecule has 0 saturated carbocycles. The summed E-state index contributed by atoms with van der Waals surface area (Å²) >= 11 is 0. The molecule has 0 amide bonds. The van der Waals surface area contributed by atoms with Crippen molar-refractivity contribution in [3.63, 3.8) is 0 Å². The van der Waals surface area contributed by atoms with Crippen LogP contribution in [-0.4, -0.2) is 25.2 Å². The van der Waals surface area contributed by atoms with Gasteiger partial charge in [-0.2, -0.15) is 21.6 Å². The summed E-state index contributed by atoms with van der Waals surface area (Å²) in [5, 5.41) is 0.0472. The molecule has 2 aromatic rings. The standard InChI is InChI=1S/C11H6F3NO4S/c12-11(13,14)20(17,18)19-10-5-7(6-16)15-9-4-2-1-3-8(9)10/h1-6H. The van der Waals surface area contributed by atoms with Crippen LogP contribution in [0.25, 0.3) is 10.9 Å². The van der Waals surface area contributed by atoms with E-state index in [4.69, 9.17) is 0 Å². The third kappa shape index (κ3) is 2.57. The average Bonchev–Trinajstić information content (AvgIpc) is 2.36. The van der Waals surface area contributed by atoms with Crippen LogP contribution in [-0.2, 0) is 10.1 Å². The largest absolute Gasteiger partial charge is 0.534 e. The molecule has 9 heteroatoms. The number of hydrogen-bond acceptors (Lipinski definition) is 5. The number of halogens is 3. The van der Waals surface area contributed by atoms with Crippen molar-refractivity contribution in [2.45, 2.75) is 5.51 Å². The van der Waals surface area contributed by atoms with Gasteiger partial charge in [-0.25, -0.2) is 4.98 Å². The number of aromatic nitrogens is 1. The molecule has 1 heterocycles. The normalized spacial score (nSPS) is 12.3. The van der Waals surface area contributed by atoms with Gasteiger partial charge in [0.1, 0.15) is 5.69 Å². The number of para-hydroxylation sites is 1. The van der Waals surface area contributed by atoms with Crippen molar-refractivity contribution in [1.82, 2.24) is 4.98 Å². The highest BCUT2D eigenvalue weighted by molar-refractivity contribution is 7.88. The highest BCUT2D eigenvalue weighted by atomic mass is 32.2. The fraction of sp³-hybridized carbons (Fsp3) is 0.0909. The summed E-state index contributed by atoms with van der Waals surface area (Å²) in [7, 11) is -5.81. The van der Waals surface area contributed by atoms with Crippen molar-refractivity contribution in [3.8, 4) is 5.75 Å². The van der Waals surface area contributed by atoms with Crippen molar-refractivity contribution >= 4 is 27.3 Å². The van der Waals surface area contributed by atoms with Crippen LogP contribution in [0.5, 0.6) is 5.75 Å². The van der Waals surface area contributed by atoms with Gasteiger partial charge in [-0.1, -0.05) is 12.1 Å². The fourth-order valence-corrected chi connectivity index (χ4v) is 1.93. The van der Waals surface area contributed by atoms with Crippen LogP contribution in [0.4, 0.5) is 13.2 Å². The molecule has 1 aromatic carbocycles. The van der Waals surface area contributed by atoms with E-state index in [2.05, 4.69) is 9.17 Å². The monoisotopic (exact) mass is 305 g/mol. The predicted octanol–water partition coefficient (Wildman–Crippen LogP) is 2.28. The van der Waals surface area contributed by atoms with Gasteiger partial charge in [0.25, 0.3) is 0 Å². The molecule has 0 aliphatic rings. The van der Waals surface area contributed by atoms with Gasteiger partial charge >= 0.3 is 15.6 Å². The molecule has 0 aliphatic carbocycles. The van der Waals surface area contributed by atoms with Crippen molar-refractivity contribution in [2.24, 2.45) is 0 Å². The predicted molar refractivity (Wildman–Crippen MR) is 62.7 cm³/mol. The van der Waals surface area contributed by atoms with Gasteiger partial charge in [-0.3, -0.25) is 4.79 Å². The Balaban J connectivity index is 2.62. The van der Waals surface area contributed by atoms with E-state index in [1.54, 1.807) is 0 Å². The van der Waals surface area contributed by atoms with Gasteiger partial charge in [-0.15, -0.1) is 0 Å². The van der Waals surface area contributed by atoms with Gasteiger partial charge in [0.2, 0.25) is 0 Å². The number of fused-ring (bicyclic) bond motifs is 1. The van der Waals surface area contributed by atoms with E-state index < -0.39 is 21.4 Å². The maximum Gasteiger partial charge on any atom is 0.534 e. The lowest BCUT2D eigenvalue weighted by atomic mass is 10.2. The zero-order chi connectivity index (χ0) is 15.0. The molecular formula is C11H6F3NO4S. The summed E-state index contributed by atoms with van der Waals surface area (Å²) in [4.78, 5) is 14.5. The van der Waals surface area contributed by atoms with Crippen LogP contribution in [0.15, 0.2) is 30.3 Å². The third-order valence-corrected chi connectivity index (χ3v) is 3.27. The van der Waals surface area contributed by atoms with E-state index >= 15 is 0 Å². The molecule has 0 atom stereocenters. The van der Waals surface area contributed by atoms with Crippen molar-refractivity contribution in [1.29, 1.82) is 0 Å². The molecule has 0 N–H and O–H groups in total. The Labute approximate surface area is 111 Å². The second-order valence-corrected chi connectivity index (χ2v) is 5.20. The molecule has 0 bridgehead atoms. The molecule has 20 heavy (non-hydrogen) atoms. The summed E-state index contributed by atoms with van der Waals surface area (Å²) in [5.41, 5.74) is -5.65. The summed E-state index contributed by atoms with van der Waals surface area (Å²) in [5.74, 6) is -0.602. The summed E-state index contributed by atoms with van der Waals surface area (Å²) in [6.45, 7) is 0. The first-order valence-corrected chi connectivity index (χ1v) is 6.51. The first-order valence-electron chi connectivity index (χ1n) is 5.10. The molecule has 0 unspecified atom stereocenters. The molecule has 106 valence electrons. The second kappa shape index (κ2) is 4.75. The lowest BCUT2D eigenvalue weighted by Gasteiger charge is -2.11. The molecule has 0 fully saturated rings. The number of hydrogen-bond donors (Lipinski definition) is 0. The maximum atomic E-state index is 12.3. The minimum atomic E-state index is -5.81. The van der Waals surface area contributed by atoms with Crippen LogP contribution in [0.2, 0.25) is 0 Å². The number of benzene rings is 1. The Kier molecular flexibility index (Phi) is 3.38. The highest BCUT2D eigenvalue weighted by Gasteiger charge is 2.48. The summed E-state index contributed by atoms with van der Waals surface area (Å²) in [6.07, 6.45) is 0.277. The van der Waals surface area contributed by atoms with Crippen LogP contribution in [0.1, 0.15) is 10.5 Å². The van der Waals surface area contributed by atoms with E-state index in [1.807, 2.05) is 0 Å². The minimum Gasteiger partial charge on any atom is -0.375 e. The van der Waals surface area contributed by atoms with Gasteiger partial charge in [-0.05, 0) is 12.1 Å². The van der Waals surface area contributed by atoms with Crippen LogP contribution < -0.4 is 4.18 Å². The summed E-state index contributed by atoms with van der Waals surface area (Å²) < 4.78 is 63.0. The number of carbonyl (C=O) groups excluding carboxylic acids is 1. The van der Waals surface area contributed by atoms with E-state index in [-0.39, 0.29) is 22.9 Å². The maximum absolute atomic E-state index is 12.3. The van der Waals surface area contributed by atoms with Gasteiger partial charge in [0.15, 0.2) is 12.0 Å². The first kappa shape index (κ1) is 14.3. The number of pyridine rings is 1. The van der Waals surface area contributed by atoms with E-state index in [1.165, 1.54) is 24.3 Å². The Bertz CT molecular complexity index is 771. The van der Waals surface area contributed by atoms with Crippen LogP contribution in [0.3, 0.4) is 0 Å². The van der Waals surface area contributed by atoms with E-state index in [0.717, 1.165) is 6.07 Å². The van der Waals surface area contributed by atoms with Crippen molar-refractivity contribution in [3.05, 3.63) is 36.0 Å². The Morgan fingerprint density at radius 3 is 2.45 bits per heavy atom. The molecule has 2 rings (SSSR count). The van der Waals surface area contributed by atoms with Gasteiger partial charge in [0.05, 0.1) is 5.52 Å². The van der Waals surface area contributed by atoms with Gasteiger partial charge in [0, 0.05) is 11.5 Å². The smallest absolute Gasteiger partial charge is 0.375 e. The van der Waals surface area contributed by atoms with Crippen LogP contribution in [0, 0.1) is 0 Å². The SMILES string of the molecule is O=Cc1cc(OS(=O)(=O)C(F)(F)F)c2ccccc2n1. The molecule has 1 aromatic heterocycles. The van der Waals surface area contributed by atoms with Crippen molar-refractivity contribution < 1.29 is 30.6 Å². The van der Waals surface area contributed by atoms with E-state index in [0.29, 0.717) is 0 Å². The lowest BCUT2D eigenvalue weighted by Crippen LogP contribution is -2.28. The Hall–Kier alpha value is -2.16. The molecule has 0 spiro atoms. The minimum absolute atomic E-state index is 0.0472. The first-order chi connectivity index (χ1) is 9.24. The Morgan fingerprint density at radius 2 is 1.85 bits per heavy atom. The number of carbonyl (C=O) groups is 1. The Morgan fingerprint density at radius 1 is 1.20 bits per heavy atom. The second-order valence-electron chi connectivity index (χ2n) is 3.66. The topological polar surface area (TPSA) is 73.3 Å². The molecule has 0 radical (unpaired) electrons. The third-order valence-electron chi connectivity index (χ3n) is 2.30. The van der Waals surface area contributed by atoms with E-state index in [9.17, 15) is 26.4 Å². The zero-order valence-corrected chi connectivity index (χ0v) is 10.4. The summed E-state index contributed by atoms with van der Waals surface area (Å²) in [6, 6.07) is 6.58. The van der Waals surface area contributed by atoms with Crippen molar-refractivity contribution in [2.75, 3.05) is 0 Å². The molecular weight excluding hydrogens is 299 g/mol. The zero-order valence-electron chi connectivity index (χ0n) is 9.59. The number of aldehydes is 1. The quantitative estimate of drug-likeness (QED) is 0.494. The molecule has 0 saturated heterocycles. The lowest BCUT2D eigenvalue weighted by molar-refractivity contribution is -0.0499. The van der Waals surface area contributed by atoms with Gasteiger partial charge < -0.3 is 4.18 Å². The number of rotatable bonds is 3. The fourth-order valence-electron chi connectivity index (χ4n) is 1.46.